The van der Waals surface area contributed by atoms with E-state index < -0.39 is 0 Å². The summed E-state index contributed by atoms with van der Waals surface area (Å²) in [5, 5.41) is 22.7. The lowest BCUT2D eigenvalue weighted by Gasteiger charge is -2.64. The van der Waals surface area contributed by atoms with Crippen molar-refractivity contribution in [2.45, 2.75) is 123 Å². The van der Waals surface area contributed by atoms with Gasteiger partial charge in [0.25, 0.3) is 0 Å². The molecule has 6 fully saturated rings. The van der Waals surface area contributed by atoms with Crippen molar-refractivity contribution in [3.63, 3.8) is 0 Å². The monoisotopic (exact) mass is 777 g/mol. The molecule has 2 N–H and O–H groups in total. The Hall–Kier alpha value is -3.18. The van der Waals surface area contributed by atoms with E-state index in [1.54, 1.807) is 12.1 Å². The number of aliphatic hydroxyl groups is 2. The Morgan fingerprint density at radius 3 is 2.27 bits per heavy atom. The lowest BCUT2D eigenvalue weighted by molar-refractivity contribution is -0.203. The number of rotatable bonds is 10. The highest BCUT2D eigenvalue weighted by Gasteiger charge is 2.64. The van der Waals surface area contributed by atoms with E-state index in [2.05, 4.69) is 34.3 Å². The van der Waals surface area contributed by atoms with Crippen molar-refractivity contribution in [3.8, 4) is 0 Å². The van der Waals surface area contributed by atoms with E-state index in [4.69, 9.17) is 4.42 Å². The maximum Gasteiger partial charge on any atom is 0.248 e. The summed E-state index contributed by atoms with van der Waals surface area (Å²) in [6.07, 6.45) is 12.1. The molecule has 2 aliphatic heterocycles. The molecule has 0 aromatic carbocycles. The van der Waals surface area contributed by atoms with Gasteiger partial charge < -0.3 is 29.3 Å². The molecule has 1 aromatic heterocycles. The molecule has 3 heterocycles. The number of hydrogen-bond donors (Lipinski definition) is 2. The molecule has 11 heteroatoms. The Kier molecular flexibility index (Phi) is 12.1. The van der Waals surface area contributed by atoms with Crippen molar-refractivity contribution in [1.82, 2.24) is 14.7 Å². The highest BCUT2D eigenvalue weighted by Crippen LogP contribution is 2.69. The van der Waals surface area contributed by atoms with Gasteiger partial charge in [-0.25, -0.2) is 0 Å². The van der Waals surface area contributed by atoms with Crippen LogP contribution >= 0.6 is 0 Å². The zero-order valence-corrected chi connectivity index (χ0v) is 34.5. The van der Waals surface area contributed by atoms with Crippen LogP contribution in [0.2, 0.25) is 0 Å². The summed E-state index contributed by atoms with van der Waals surface area (Å²) in [5.41, 5.74) is 0.384. The molecule has 0 bridgehead atoms. The van der Waals surface area contributed by atoms with Gasteiger partial charge in [-0.3, -0.25) is 24.1 Å². The number of carbonyl (C=O) groups excluding carboxylic acids is 4. The van der Waals surface area contributed by atoms with Crippen molar-refractivity contribution in [3.05, 3.63) is 30.5 Å². The van der Waals surface area contributed by atoms with Crippen LogP contribution in [0.4, 0.5) is 5.88 Å². The topological polar surface area (TPSA) is 135 Å². The average molecular weight is 777 g/mol. The Labute approximate surface area is 334 Å². The highest BCUT2D eigenvalue weighted by molar-refractivity contribution is 5.98. The molecule has 2 unspecified atom stereocenters. The Morgan fingerprint density at radius 1 is 0.893 bits per heavy atom. The molecule has 4 saturated carbocycles. The molecular weight excluding hydrogens is 709 g/mol. The second-order valence-corrected chi connectivity index (χ2v) is 19.0. The van der Waals surface area contributed by atoms with E-state index in [9.17, 15) is 29.4 Å². The molecule has 0 radical (unpaired) electrons. The van der Waals surface area contributed by atoms with Gasteiger partial charge in [-0.05, 0) is 122 Å². The summed E-state index contributed by atoms with van der Waals surface area (Å²) in [5.74, 6) is 3.83. The van der Waals surface area contributed by atoms with Crippen molar-refractivity contribution >= 4 is 29.5 Å². The number of fused-ring (bicyclic) bond motifs is 5. The average Bonchev–Trinajstić information content (AvgIpc) is 3.71. The van der Waals surface area contributed by atoms with Crippen LogP contribution in [0.25, 0.3) is 0 Å². The maximum atomic E-state index is 13.6. The number of carbonyl (C=O) groups is 4. The van der Waals surface area contributed by atoms with E-state index >= 15 is 0 Å². The first kappa shape index (κ1) is 41.0. The van der Waals surface area contributed by atoms with Crippen LogP contribution in [-0.2, 0) is 25.6 Å². The van der Waals surface area contributed by atoms with E-state index in [-0.39, 0.29) is 65.6 Å². The normalized spacial score (nSPS) is 36.6. The lowest BCUT2D eigenvalue weighted by atomic mass is 9.41. The first-order valence-corrected chi connectivity index (χ1v) is 22.0. The predicted octanol–water partition coefficient (Wildman–Crippen LogP) is 5.68. The van der Waals surface area contributed by atoms with Gasteiger partial charge in [0, 0.05) is 64.6 Å². The molecule has 7 rings (SSSR count). The number of amides is 4. The third-order valence-electron chi connectivity index (χ3n) is 16.4. The van der Waals surface area contributed by atoms with E-state index in [1.807, 2.05) is 9.80 Å². The minimum Gasteiger partial charge on any atom is -0.445 e. The quantitative estimate of drug-likeness (QED) is 0.292. The van der Waals surface area contributed by atoms with Gasteiger partial charge in [-0.1, -0.05) is 40.7 Å². The van der Waals surface area contributed by atoms with Gasteiger partial charge in [-0.2, -0.15) is 0 Å². The minimum atomic E-state index is -0.290. The summed E-state index contributed by atoms with van der Waals surface area (Å²) < 4.78 is 5.95. The summed E-state index contributed by atoms with van der Waals surface area (Å²) in [4.78, 5) is 58.3. The SMILES string of the molecule is C=CC(=O)N1CCN(c2ccc(CCC(=O)N3CCCN(C(=O)CC[C@@H](C)[C@H]4CC[C@H]5[C@@H]6[C@H](O)C(CC)C7C[C@H](O)CC[C@]7(C)[C@H]6CC[C@]45C)CC3)o2)C(=O)C1. The minimum absolute atomic E-state index is 0.0206. The van der Waals surface area contributed by atoms with E-state index in [0.717, 1.165) is 38.5 Å². The van der Waals surface area contributed by atoms with Crippen LogP contribution in [-0.4, -0.2) is 107 Å². The van der Waals surface area contributed by atoms with Gasteiger partial charge in [0.2, 0.25) is 29.5 Å². The second kappa shape index (κ2) is 16.6. The number of hydrogen-bond acceptors (Lipinski definition) is 7. The third-order valence-corrected chi connectivity index (χ3v) is 16.4. The molecule has 4 amide bonds. The number of piperazine rings is 1. The van der Waals surface area contributed by atoms with Crippen LogP contribution in [0, 0.1) is 52.3 Å². The Bertz CT molecular complexity index is 1630. The summed E-state index contributed by atoms with van der Waals surface area (Å²) in [6.45, 7) is 16.2. The second-order valence-electron chi connectivity index (χ2n) is 19.0. The number of nitrogens with zero attached hydrogens (tertiary/aromatic N) is 4. The van der Waals surface area contributed by atoms with Crippen molar-refractivity contribution in [2.75, 3.05) is 50.7 Å². The Morgan fingerprint density at radius 2 is 1.57 bits per heavy atom. The molecular formula is C45H68N4O7. The van der Waals surface area contributed by atoms with Gasteiger partial charge in [0.05, 0.1) is 12.2 Å². The first-order valence-electron chi connectivity index (χ1n) is 22.0. The lowest BCUT2D eigenvalue weighted by Crippen LogP contribution is -2.62. The van der Waals surface area contributed by atoms with Crippen LogP contribution < -0.4 is 4.90 Å². The van der Waals surface area contributed by atoms with E-state index in [1.165, 1.54) is 41.6 Å². The molecule has 11 nitrogen and oxygen atoms in total. The number of aliphatic hydroxyl groups excluding tert-OH is 2. The van der Waals surface area contributed by atoms with Crippen LogP contribution in [0.3, 0.4) is 0 Å². The standard InChI is InChI=1S/C45H68N4O7/c1-6-32-36-27-30(50)17-19-45(36,5)35-18-20-44(4)33(12-13-34(44)42(35)43(32)55)29(3)9-14-38(52)46-21-8-22-47(24-23-46)39(53)15-10-31-11-16-41(56-31)49-26-25-48(28-40(49)54)37(51)7-2/h7,11,16,29-30,32-36,42-43,50,55H,2,6,8-10,12-15,17-28H2,1,3-5H3/t29-,30-,32?,33-,34+,35+,36?,42+,43-,44-,45-/m1/s1. The molecule has 2 saturated heterocycles. The van der Waals surface area contributed by atoms with Gasteiger partial charge >= 0.3 is 0 Å². The summed E-state index contributed by atoms with van der Waals surface area (Å²) in [7, 11) is 0. The van der Waals surface area contributed by atoms with Gasteiger partial charge in [0.1, 0.15) is 12.3 Å². The number of aryl methyl sites for hydroxylation is 1. The molecule has 1 aromatic rings. The maximum absolute atomic E-state index is 13.6. The van der Waals surface area contributed by atoms with Crippen LogP contribution in [0.5, 0.6) is 0 Å². The third kappa shape index (κ3) is 7.60. The molecule has 11 atom stereocenters. The summed E-state index contributed by atoms with van der Waals surface area (Å²) in [6, 6.07) is 3.55. The first-order chi connectivity index (χ1) is 26.8. The van der Waals surface area contributed by atoms with Gasteiger partial charge in [0.15, 0.2) is 0 Å². The molecule has 6 aliphatic rings. The van der Waals surface area contributed by atoms with Crippen LogP contribution in [0.15, 0.2) is 29.2 Å². The van der Waals surface area contributed by atoms with Gasteiger partial charge in [-0.15, -0.1) is 0 Å². The van der Waals surface area contributed by atoms with Crippen molar-refractivity contribution in [1.29, 1.82) is 0 Å². The smallest absolute Gasteiger partial charge is 0.248 e. The molecule has 4 aliphatic carbocycles. The highest BCUT2D eigenvalue weighted by atomic mass is 16.4. The van der Waals surface area contributed by atoms with E-state index in [0.29, 0.717) is 99.3 Å². The molecule has 310 valence electrons. The van der Waals surface area contributed by atoms with Crippen molar-refractivity contribution in [2.24, 2.45) is 52.3 Å². The predicted molar refractivity (Wildman–Crippen MR) is 214 cm³/mol. The fourth-order valence-electron chi connectivity index (χ4n) is 13.3. The summed E-state index contributed by atoms with van der Waals surface area (Å²) >= 11 is 0. The fourth-order valence-corrected chi connectivity index (χ4v) is 13.3. The van der Waals surface area contributed by atoms with Crippen LogP contribution in [0.1, 0.15) is 111 Å². The fraction of sp³-hybridized carbons (Fsp3) is 0.778. The zero-order chi connectivity index (χ0) is 39.9. The Balaban J connectivity index is 0.876. The zero-order valence-electron chi connectivity index (χ0n) is 34.5. The number of anilines is 1. The molecule has 56 heavy (non-hydrogen) atoms. The largest absolute Gasteiger partial charge is 0.445 e. The van der Waals surface area contributed by atoms with Crippen molar-refractivity contribution < 1.29 is 33.8 Å². The molecule has 0 spiro atoms. The number of furan rings is 1.